The highest BCUT2D eigenvalue weighted by Gasteiger charge is 2.12. The van der Waals surface area contributed by atoms with Crippen molar-refractivity contribution in [2.45, 2.75) is 146 Å². The molecule has 0 fully saturated rings. The fourth-order valence-electron chi connectivity index (χ4n) is 3.02. The molecule has 0 aromatic carbocycles. The normalized spacial score (nSPS) is 11.6. The van der Waals surface area contributed by atoms with Crippen LogP contribution in [0.5, 0.6) is 0 Å². The third kappa shape index (κ3) is 51.9. The first-order valence-electron chi connectivity index (χ1n) is 17.0. The molecule has 1 N–H and O–H groups in total. The number of ether oxygens (including phenoxy) is 1. The van der Waals surface area contributed by atoms with E-state index in [0.29, 0.717) is 12.3 Å². The van der Waals surface area contributed by atoms with Gasteiger partial charge < -0.3 is 10.1 Å². The summed E-state index contributed by atoms with van der Waals surface area (Å²) in [6.45, 7) is 22.0. The number of likely N-dealkylation sites (N-methyl/N-ethyl adjacent to an activating group) is 1. The zero-order valence-corrected chi connectivity index (χ0v) is 30.8. The van der Waals surface area contributed by atoms with E-state index in [9.17, 15) is 14.4 Å². The van der Waals surface area contributed by atoms with Gasteiger partial charge in [-0.3, -0.25) is 9.59 Å². The first-order chi connectivity index (χ1) is 21.2. The molecule has 256 valence electrons. The first kappa shape index (κ1) is 50.8. The molecule has 0 heterocycles. The van der Waals surface area contributed by atoms with Gasteiger partial charge in [-0.1, -0.05) is 136 Å². The Bertz CT molecular complexity index is 786. The molecule has 0 spiro atoms. The Labute approximate surface area is 274 Å². The summed E-state index contributed by atoms with van der Waals surface area (Å²) in [5, 5.41) is 2.98. The summed E-state index contributed by atoms with van der Waals surface area (Å²) in [6, 6.07) is 0.0556. The number of carbonyl (C=O) groups excluding carboxylic acids is 3. The Morgan fingerprint density at radius 2 is 1.14 bits per heavy atom. The summed E-state index contributed by atoms with van der Waals surface area (Å²) >= 11 is 0. The highest BCUT2D eigenvalue weighted by atomic mass is 16.6. The van der Waals surface area contributed by atoms with Crippen LogP contribution < -0.4 is 5.32 Å². The molecule has 0 amide bonds. The molecule has 44 heavy (non-hydrogen) atoms. The van der Waals surface area contributed by atoms with Crippen LogP contribution in [-0.4, -0.2) is 30.8 Å². The molecular weight excluding hydrogens is 546 g/mol. The number of hydrogen-bond acceptors (Lipinski definition) is 5. The molecule has 0 radical (unpaired) electrons. The lowest BCUT2D eigenvalue weighted by molar-refractivity contribution is -0.156. The molecule has 0 aromatic heterocycles. The molecule has 0 aliphatic carbocycles. The molecule has 0 aromatic rings. The van der Waals surface area contributed by atoms with Gasteiger partial charge >= 0.3 is 11.9 Å². The molecule has 0 unspecified atom stereocenters. The molecule has 5 nitrogen and oxygen atoms in total. The van der Waals surface area contributed by atoms with E-state index < -0.39 is 11.9 Å². The maximum absolute atomic E-state index is 11.4. The summed E-state index contributed by atoms with van der Waals surface area (Å²) in [4.78, 5) is 33.3. The van der Waals surface area contributed by atoms with E-state index in [1.54, 1.807) is 19.9 Å². The van der Waals surface area contributed by atoms with Gasteiger partial charge in [0.2, 0.25) is 0 Å². The number of Topliss-reactive ketones (excluding diaryl/α,β-unsaturated/α-hetero) is 1. The minimum atomic E-state index is -0.600. The van der Waals surface area contributed by atoms with Crippen LogP contribution in [-0.2, 0) is 19.1 Å². The SMILES string of the molecule is C/C=C/C(=O)OC(=O)CCC/C=C\C/C=C\C/C=C\C/C=C\C/C=C\CC.CC.CC.CCC.CN[C@@H](CC(C)C)C(C)=O. The Balaban J connectivity index is -0.000000246. The average Bonchev–Trinajstić information content (AvgIpc) is 3.00. The fraction of sp³-hybridized carbons (Fsp3) is 0.615. The minimum Gasteiger partial charge on any atom is -0.390 e. The lowest BCUT2D eigenvalue weighted by Crippen LogP contribution is -2.33. The van der Waals surface area contributed by atoms with Gasteiger partial charge in [-0.05, 0) is 78.2 Å². The van der Waals surface area contributed by atoms with Gasteiger partial charge in [-0.15, -0.1) is 0 Å². The number of nitrogens with one attached hydrogen (secondary N) is 1. The van der Waals surface area contributed by atoms with E-state index in [0.717, 1.165) is 44.9 Å². The van der Waals surface area contributed by atoms with Gasteiger partial charge in [0.05, 0.1) is 6.04 Å². The standard InChI is InChI=1S/C24H34O3.C8H17NO.C3H8.2C2H6/c1-3-5-6-7-8-9-10-11-12-13-14-15-16-17-18-19-20-22-24(26)27-23(25)21-4-2;1-6(2)5-8(9-4)7(3)10;1-3-2;2*1-2/h4-6,8-9,11-12,14-15,17-18,21H,3,7,10,13,16,19-20,22H2,1-2H3;6,8-9H,5H2,1-4H3;3H2,1-2H3;2*1-2H3/b6-5-,9-8-,12-11-,15-14-,18-17-,21-4+;;;;/t;8-;;;/m.0.../s1. The van der Waals surface area contributed by atoms with Gasteiger partial charge in [0.1, 0.15) is 5.78 Å². The van der Waals surface area contributed by atoms with E-state index in [1.165, 1.54) is 12.5 Å². The molecule has 0 rings (SSSR count). The number of ketones is 1. The van der Waals surface area contributed by atoms with Crippen molar-refractivity contribution in [1.29, 1.82) is 0 Å². The maximum atomic E-state index is 11.4. The number of allylic oxidation sites excluding steroid dienone is 11. The van der Waals surface area contributed by atoms with Crippen LogP contribution >= 0.6 is 0 Å². The fourth-order valence-corrected chi connectivity index (χ4v) is 3.02. The van der Waals surface area contributed by atoms with Gasteiger partial charge in [0.15, 0.2) is 0 Å². The Kier molecular flexibility index (Phi) is 54.5. The molecular formula is C39H71NO4. The molecule has 0 aliphatic rings. The number of esters is 2. The molecule has 1 atom stereocenters. The van der Waals surface area contributed by atoms with Crippen LogP contribution in [0, 0.1) is 5.92 Å². The van der Waals surface area contributed by atoms with E-state index >= 15 is 0 Å². The van der Waals surface area contributed by atoms with Crippen molar-refractivity contribution in [3.8, 4) is 0 Å². The highest BCUT2D eigenvalue weighted by Crippen LogP contribution is 2.04. The predicted molar refractivity (Wildman–Crippen MR) is 196 cm³/mol. The average molecular weight is 618 g/mol. The first-order valence-corrected chi connectivity index (χ1v) is 17.0. The molecule has 0 aliphatic heterocycles. The number of carbonyl (C=O) groups is 3. The van der Waals surface area contributed by atoms with E-state index in [2.05, 4.69) is 105 Å². The number of rotatable bonds is 18. The van der Waals surface area contributed by atoms with Crippen molar-refractivity contribution in [1.82, 2.24) is 5.32 Å². The Morgan fingerprint density at radius 3 is 1.45 bits per heavy atom. The lowest BCUT2D eigenvalue weighted by Gasteiger charge is -2.14. The topological polar surface area (TPSA) is 72.5 Å². The van der Waals surface area contributed by atoms with Gasteiger partial charge in [0.25, 0.3) is 0 Å². The second-order valence-corrected chi connectivity index (χ2v) is 9.68. The second kappa shape index (κ2) is 47.1. The summed E-state index contributed by atoms with van der Waals surface area (Å²) in [5.74, 6) is -0.250. The van der Waals surface area contributed by atoms with E-state index in [1.807, 2.05) is 34.7 Å². The van der Waals surface area contributed by atoms with Gasteiger partial charge in [0, 0.05) is 12.5 Å². The van der Waals surface area contributed by atoms with Crippen molar-refractivity contribution >= 4 is 17.7 Å². The quantitative estimate of drug-likeness (QED) is 0.0544. The van der Waals surface area contributed by atoms with Crippen LogP contribution in [0.2, 0.25) is 0 Å². The van der Waals surface area contributed by atoms with Gasteiger partial charge in [-0.2, -0.15) is 0 Å². The van der Waals surface area contributed by atoms with E-state index in [4.69, 9.17) is 0 Å². The van der Waals surface area contributed by atoms with Crippen LogP contribution in [0.3, 0.4) is 0 Å². The molecule has 0 saturated heterocycles. The maximum Gasteiger partial charge on any atom is 0.338 e. The van der Waals surface area contributed by atoms with Crippen molar-refractivity contribution < 1.29 is 19.1 Å². The lowest BCUT2D eigenvalue weighted by atomic mass is 10.0. The summed E-state index contributed by atoms with van der Waals surface area (Å²) in [6.07, 6.45) is 33.2. The van der Waals surface area contributed by atoms with Crippen molar-refractivity contribution in [3.63, 3.8) is 0 Å². The van der Waals surface area contributed by atoms with Gasteiger partial charge in [-0.25, -0.2) is 4.79 Å². The van der Waals surface area contributed by atoms with Crippen LogP contribution in [0.25, 0.3) is 0 Å². The summed E-state index contributed by atoms with van der Waals surface area (Å²) in [7, 11) is 1.83. The van der Waals surface area contributed by atoms with Crippen LogP contribution in [0.4, 0.5) is 0 Å². The van der Waals surface area contributed by atoms with Crippen LogP contribution in [0.15, 0.2) is 72.9 Å². The van der Waals surface area contributed by atoms with E-state index in [-0.39, 0.29) is 18.2 Å². The van der Waals surface area contributed by atoms with Crippen molar-refractivity contribution in [2.75, 3.05) is 7.05 Å². The summed E-state index contributed by atoms with van der Waals surface area (Å²) in [5.41, 5.74) is 0. The molecule has 0 bridgehead atoms. The molecule has 5 heteroatoms. The Hall–Kier alpha value is -2.79. The van der Waals surface area contributed by atoms with Crippen molar-refractivity contribution in [3.05, 3.63) is 72.9 Å². The zero-order valence-electron chi connectivity index (χ0n) is 30.8. The Morgan fingerprint density at radius 1 is 0.727 bits per heavy atom. The monoisotopic (exact) mass is 618 g/mol. The smallest absolute Gasteiger partial charge is 0.338 e. The second-order valence-electron chi connectivity index (χ2n) is 9.68. The number of hydrogen-bond donors (Lipinski definition) is 1. The minimum absolute atomic E-state index is 0.0556. The molecule has 0 saturated carbocycles. The predicted octanol–water partition coefficient (Wildman–Crippen LogP) is 11.2. The van der Waals surface area contributed by atoms with Crippen molar-refractivity contribution in [2.24, 2.45) is 5.92 Å². The largest absolute Gasteiger partial charge is 0.390 e. The summed E-state index contributed by atoms with van der Waals surface area (Å²) < 4.78 is 4.61. The third-order valence-corrected chi connectivity index (χ3v) is 4.97. The zero-order chi connectivity index (χ0) is 34.9. The third-order valence-electron chi connectivity index (χ3n) is 4.97. The number of unbranched alkanes of at least 4 members (excludes halogenated alkanes) is 1. The van der Waals surface area contributed by atoms with Crippen LogP contribution in [0.1, 0.15) is 140 Å². The highest BCUT2D eigenvalue weighted by molar-refractivity contribution is 5.91.